The fourth-order valence-corrected chi connectivity index (χ4v) is 2.58. The number of nitrogens with two attached hydrogens (primary N) is 1. The Kier molecular flexibility index (Phi) is 3.84. The molecule has 0 radical (unpaired) electrons. The molecule has 1 saturated heterocycles. The summed E-state index contributed by atoms with van der Waals surface area (Å²) in [6, 6.07) is 6.33. The fraction of sp³-hybridized carbons (Fsp3) is 0.500. The Morgan fingerprint density at radius 1 is 1.56 bits per heavy atom. The SMILES string of the molecule is COc1ccc(Br)cc1C(N)C1CCCN1. The predicted molar refractivity (Wildman–Crippen MR) is 68.6 cm³/mol. The van der Waals surface area contributed by atoms with Gasteiger partial charge in [-0.3, -0.25) is 0 Å². The Morgan fingerprint density at radius 3 is 3.00 bits per heavy atom. The first kappa shape index (κ1) is 11.9. The van der Waals surface area contributed by atoms with Gasteiger partial charge in [-0.1, -0.05) is 15.9 Å². The average Bonchev–Trinajstić information content (AvgIpc) is 2.81. The van der Waals surface area contributed by atoms with Gasteiger partial charge in [0, 0.05) is 22.1 Å². The largest absolute Gasteiger partial charge is 0.496 e. The van der Waals surface area contributed by atoms with E-state index >= 15 is 0 Å². The summed E-state index contributed by atoms with van der Waals surface area (Å²) in [6.07, 6.45) is 2.34. The number of ether oxygens (including phenoxy) is 1. The molecule has 0 amide bonds. The lowest BCUT2D eigenvalue weighted by molar-refractivity contribution is 0.396. The van der Waals surface area contributed by atoms with Gasteiger partial charge in [0.2, 0.25) is 0 Å². The normalized spacial score (nSPS) is 22.1. The molecule has 1 aromatic carbocycles. The minimum absolute atomic E-state index is 0.00468. The van der Waals surface area contributed by atoms with E-state index in [1.54, 1.807) is 7.11 Å². The lowest BCUT2D eigenvalue weighted by Gasteiger charge is -2.22. The lowest BCUT2D eigenvalue weighted by Crippen LogP contribution is -2.34. The molecule has 0 saturated carbocycles. The van der Waals surface area contributed by atoms with Crippen LogP contribution in [-0.2, 0) is 0 Å². The Hall–Kier alpha value is -0.580. The third-order valence-corrected chi connectivity index (χ3v) is 3.58. The summed E-state index contributed by atoms with van der Waals surface area (Å²) in [6.45, 7) is 1.06. The average molecular weight is 285 g/mol. The third kappa shape index (κ3) is 2.39. The van der Waals surface area contributed by atoms with Crippen LogP contribution in [-0.4, -0.2) is 19.7 Å². The van der Waals surface area contributed by atoms with Crippen molar-refractivity contribution in [3.63, 3.8) is 0 Å². The van der Waals surface area contributed by atoms with Crippen LogP contribution in [0.15, 0.2) is 22.7 Å². The molecule has 0 spiro atoms. The van der Waals surface area contributed by atoms with Crippen LogP contribution in [0, 0.1) is 0 Å². The molecular weight excluding hydrogens is 268 g/mol. The van der Waals surface area contributed by atoms with Crippen LogP contribution in [0.2, 0.25) is 0 Å². The zero-order valence-corrected chi connectivity index (χ0v) is 11.0. The molecule has 4 heteroatoms. The molecule has 2 rings (SSSR count). The fourth-order valence-electron chi connectivity index (χ4n) is 2.20. The second-order valence-electron chi connectivity index (χ2n) is 4.11. The van der Waals surface area contributed by atoms with E-state index in [-0.39, 0.29) is 6.04 Å². The van der Waals surface area contributed by atoms with Crippen LogP contribution in [0.25, 0.3) is 0 Å². The van der Waals surface area contributed by atoms with Crippen molar-refractivity contribution in [3.8, 4) is 5.75 Å². The molecule has 2 atom stereocenters. The van der Waals surface area contributed by atoms with Gasteiger partial charge in [-0.05, 0) is 37.6 Å². The molecule has 1 aliphatic rings. The summed E-state index contributed by atoms with van der Waals surface area (Å²) in [7, 11) is 1.68. The van der Waals surface area contributed by atoms with E-state index in [4.69, 9.17) is 10.5 Å². The second-order valence-corrected chi connectivity index (χ2v) is 5.03. The molecule has 1 fully saturated rings. The Bertz CT molecular complexity index is 364. The van der Waals surface area contributed by atoms with Crippen molar-refractivity contribution in [2.24, 2.45) is 5.73 Å². The quantitative estimate of drug-likeness (QED) is 0.895. The predicted octanol–water partition coefficient (Wildman–Crippen LogP) is 2.21. The van der Waals surface area contributed by atoms with Crippen LogP contribution < -0.4 is 15.8 Å². The molecule has 88 valence electrons. The summed E-state index contributed by atoms with van der Waals surface area (Å²) >= 11 is 3.47. The van der Waals surface area contributed by atoms with Crippen molar-refractivity contribution in [2.45, 2.75) is 24.9 Å². The van der Waals surface area contributed by atoms with E-state index in [2.05, 4.69) is 21.2 Å². The zero-order chi connectivity index (χ0) is 11.5. The first-order valence-electron chi connectivity index (χ1n) is 5.55. The number of rotatable bonds is 3. The summed E-state index contributed by atoms with van der Waals surface area (Å²) < 4.78 is 6.39. The van der Waals surface area contributed by atoms with Crippen LogP contribution in [0.5, 0.6) is 5.75 Å². The first-order chi connectivity index (χ1) is 7.72. The maximum Gasteiger partial charge on any atom is 0.123 e. The van der Waals surface area contributed by atoms with Crippen LogP contribution >= 0.6 is 15.9 Å². The van der Waals surface area contributed by atoms with Crippen molar-refractivity contribution < 1.29 is 4.74 Å². The van der Waals surface area contributed by atoms with Gasteiger partial charge in [0.05, 0.1) is 7.11 Å². The van der Waals surface area contributed by atoms with Crippen molar-refractivity contribution in [3.05, 3.63) is 28.2 Å². The van der Waals surface area contributed by atoms with E-state index in [9.17, 15) is 0 Å². The van der Waals surface area contributed by atoms with Gasteiger partial charge in [-0.15, -0.1) is 0 Å². The number of methoxy groups -OCH3 is 1. The lowest BCUT2D eigenvalue weighted by atomic mass is 9.98. The Balaban J connectivity index is 2.26. The summed E-state index contributed by atoms with van der Waals surface area (Å²) in [4.78, 5) is 0. The molecule has 1 aromatic rings. The van der Waals surface area contributed by atoms with Gasteiger partial charge >= 0.3 is 0 Å². The number of halogens is 1. The van der Waals surface area contributed by atoms with Crippen molar-refractivity contribution in [1.82, 2.24) is 5.32 Å². The van der Waals surface area contributed by atoms with Crippen LogP contribution in [0.3, 0.4) is 0 Å². The Morgan fingerprint density at radius 2 is 2.38 bits per heavy atom. The molecule has 1 aliphatic heterocycles. The molecular formula is C12H17BrN2O. The number of hydrogen-bond acceptors (Lipinski definition) is 3. The molecule has 0 aliphatic carbocycles. The highest BCUT2D eigenvalue weighted by atomic mass is 79.9. The van der Waals surface area contributed by atoms with E-state index < -0.39 is 0 Å². The van der Waals surface area contributed by atoms with E-state index in [0.717, 1.165) is 28.8 Å². The molecule has 1 heterocycles. The zero-order valence-electron chi connectivity index (χ0n) is 9.37. The molecule has 0 bridgehead atoms. The van der Waals surface area contributed by atoms with Crippen molar-refractivity contribution >= 4 is 15.9 Å². The second kappa shape index (κ2) is 5.17. The molecule has 0 aromatic heterocycles. The molecule has 16 heavy (non-hydrogen) atoms. The third-order valence-electron chi connectivity index (χ3n) is 3.08. The summed E-state index contributed by atoms with van der Waals surface area (Å²) in [5, 5.41) is 3.43. The smallest absolute Gasteiger partial charge is 0.123 e. The van der Waals surface area contributed by atoms with Gasteiger partial charge in [-0.2, -0.15) is 0 Å². The molecule has 3 nitrogen and oxygen atoms in total. The highest BCUT2D eigenvalue weighted by Gasteiger charge is 2.25. The molecule has 3 N–H and O–H groups in total. The van der Waals surface area contributed by atoms with Crippen molar-refractivity contribution in [2.75, 3.05) is 13.7 Å². The minimum atomic E-state index is -0.00468. The standard InChI is InChI=1S/C12H17BrN2O/c1-16-11-5-4-8(13)7-9(11)12(14)10-3-2-6-15-10/h4-5,7,10,12,15H,2-3,6,14H2,1H3. The maximum absolute atomic E-state index is 6.28. The number of benzene rings is 1. The highest BCUT2D eigenvalue weighted by Crippen LogP contribution is 2.31. The number of hydrogen-bond donors (Lipinski definition) is 2. The van der Waals surface area contributed by atoms with Gasteiger partial charge in [-0.25, -0.2) is 0 Å². The van der Waals surface area contributed by atoms with E-state index in [1.807, 2.05) is 18.2 Å². The Labute approximate surface area is 104 Å². The van der Waals surface area contributed by atoms with E-state index in [1.165, 1.54) is 6.42 Å². The van der Waals surface area contributed by atoms with E-state index in [0.29, 0.717) is 6.04 Å². The van der Waals surface area contributed by atoms with Gasteiger partial charge in [0.25, 0.3) is 0 Å². The maximum atomic E-state index is 6.28. The first-order valence-corrected chi connectivity index (χ1v) is 6.34. The van der Waals surface area contributed by atoms with Gasteiger partial charge in [0.15, 0.2) is 0 Å². The summed E-state index contributed by atoms with van der Waals surface area (Å²) in [5.41, 5.74) is 7.35. The minimum Gasteiger partial charge on any atom is -0.496 e. The number of nitrogens with one attached hydrogen (secondary N) is 1. The van der Waals surface area contributed by atoms with Crippen molar-refractivity contribution in [1.29, 1.82) is 0 Å². The van der Waals surface area contributed by atoms with Gasteiger partial charge < -0.3 is 15.8 Å². The van der Waals surface area contributed by atoms with Crippen LogP contribution in [0.1, 0.15) is 24.4 Å². The van der Waals surface area contributed by atoms with Crippen LogP contribution in [0.4, 0.5) is 0 Å². The topological polar surface area (TPSA) is 47.3 Å². The molecule has 2 unspecified atom stereocenters. The monoisotopic (exact) mass is 284 g/mol. The summed E-state index contributed by atoms with van der Waals surface area (Å²) in [5.74, 6) is 0.865. The van der Waals surface area contributed by atoms with Gasteiger partial charge in [0.1, 0.15) is 5.75 Å². The highest BCUT2D eigenvalue weighted by molar-refractivity contribution is 9.10.